The van der Waals surface area contributed by atoms with Gasteiger partial charge >= 0.3 is 11.8 Å². The third kappa shape index (κ3) is 3.77. The molecule has 1 aliphatic rings. The maximum Gasteiger partial charge on any atom is 0.313 e. The molecule has 1 fully saturated rings. The third-order valence-electron chi connectivity index (χ3n) is 4.89. The number of fused-ring (bicyclic) bond motifs is 1. The molecule has 0 saturated carbocycles. The van der Waals surface area contributed by atoms with Crippen molar-refractivity contribution >= 4 is 34.0 Å². The van der Waals surface area contributed by atoms with Gasteiger partial charge in [0.25, 0.3) is 0 Å². The van der Waals surface area contributed by atoms with Crippen molar-refractivity contribution in [3.8, 4) is 0 Å². The van der Waals surface area contributed by atoms with Crippen molar-refractivity contribution in [2.75, 3.05) is 36.4 Å². The lowest BCUT2D eigenvalue weighted by atomic mass is 10.1. The van der Waals surface area contributed by atoms with Crippen molar-refractivity contribution < 1.29 is 9.59 Å². The van der Waals surface area contributed by atoms with Crippen LogP contribution in [0.2, 0.25) is 0 Å². The maximum atomic E-state index is 12.5. The molecule has 0 aromatic heterocycles. The largest absolute Gasteiger partial charge is 0.368 e. The number of carbonyl (C=O) groups excluding carboxylic acids is 2. The van der Waals surface area contributed by atoms with Gasteiger partial charge < -0.3 is 15.1 Å². The Hall–Kier alpha value is -3.34. The van der Waals surface area contributed by atoms with Crippen LogP contribution in [0.25, 0.3) is 10.8 Å². The molecule has 2 amide bonds. The van der Waals surface area contributed by atoms with E-state index in [0.717, 1.165) is 29.5 Å². The molecule has 1 heterocycles. The van der Waals surface area contributed by atoms with Crippen molar-refractivity contribution in [3.63, 3.8) is 0 Å². The van der Waals surface area contributed by atoms with Gasteiger partial charge in [0, 0.05) is 37.6 Å². The van der Waals surface area contributed by atoms with Crippen molar-refractivity contribution in [1.29, 1.82) is 0 Å². The Morgan fingerprint density at radius 1 is 0.741 bits per heavy atom. The molecule has 3 aromatic rings. The molecule has 0 aliphatic carbocycles. The average Bonchev–Trinajstić information content (AvgIpc) is 2.74. The Morgan fingerprint density at radius 2 is 1.41 bits per heavy atom. The minimum Gasteiger partial charge on any atom is -0.368 e. The fourth-order valence-electron chi connectivity index (χ4n) is 3.40. The smallest absolute Gasteiger partial charge is 0.313 e. The maximum absolute atomic E-state index is 12.5. The van der Waals surface area contributed by atoms with Gasteiger partial charge in [-0.15, -0.1) is 0 Å². The Balaban J connectivity index is 1.37. The zero-order chi connectivity index (χ0) is 18.6. The third-order valence-corrected chi connectivity index (χ3v) is 4.89. The molecule has 27 heavy (non-hydrogen) atoms. The number of anilines is 2. The fraction of sp³-hybridized carbons (Fsp3) is 0.182. The second-order valence-electron chi connectivity index (χ2n) is 6.63. The lowest BCUT2D eigenvalue weighted by Gasteiger charge is -2.35. The summed E-state index contributed by atoms with van der Waals surface area (Å²) in [6.45, 7) is 2.52. The molecule has 1 N–H and O–H groups in total. The van der Waals surface area contributed by atoms with Crippen LogP contribution in [0, 0.1) is 0 Å². The van der Waals surface area contributed by atoms with Gasteiger partial charge in [-0.05, 0) is 35.0 Å². The number of nitrogens with one attached hydrogen (secondary N) is 1. The van der Waals surface area contributed by atoms with Crippen LogP contribution in [0.5, 0.6) is 0 Å². The molecule has 3 aromatic carbocycles. The molecule has 0 bridgehead atoms. The van der Waals surface area contributed by atoms with E-state index in [9.17, 15) is 9.59 Å². The molecule has 1 saturated heterocycles. The van der Waals surface area contributed by atoms with E-state index in [1.165, 1.54) is 0 Å². The highest BCUT2D eigenvalue weighted by molar-refractivity contribution is 6.39. The first kappa shape index (κ1) is 17.1. The predicted molar refractivity (Wildman–Crippen MR) is 108 cm³/mol. The molecule has 136 valence electrons. The number of rotatable bonds is 2. The number of nitrogens with zero attached hydrogens (tertiary/aromatic N) is 2. The monoisotopic (exact) mass is 359 g/mol. The summed E-state index contributed by atoms with van der Waals surface area (Å²) < 4.78 is 0. The molecule has 0 unspecified atom stereocenters. The summed E-state index contributed by atoms with van der Waals surface area (Å²) >= 11 is 0. The van der Waals surface area contributed by atoms with E-state index >= 15 is 0 Å². The minimum atomic E-state index is -0.585. The first-order valence-corrected chi connectivity index (χ1v) is 9.10. The lowest BCUT2D eigenvalue weighted by molar-refractivity contribution is -0.143. The number of amides is 2. The van der Waals surface area contributed by atoms with Gasteiger partial charge in [-0.2, -0.15) is 0 Å². The predicted octanol–water partition coefficient (Wildman–Crippen LogP) is 3.13. The highest BCUT2D eigenvalue weighted by Gasteiger charge is 2.26. The first-order chi connectivity index (χ1) is 13.2. The first-order valence-electron chi connectivity index (χ1n) is 9.10. The molecule has 4 rings (SSSR count). The van der Waals surface area contributed by atoms with Crippen LogP contribution in [0.3, 0.4) is 0 Å². The lowest BCUT2D eigenvalue weighted by Crippen LogP contribution is -2.51. The van der Waals surface area contributed by atoms with Gasteiger partial charge in [0.15, 0.2) is 0 Å². The summed E-state index contributed by atoms with van der Waals surface area (Å²) in [4.78, 5) is 28.7. The molecule has 1 aliphatic heterocycles. The van der Waals surface area contributed by atoms with E-state index in [4.69, 9.17) is 0 Å². The Morgan fingerprint density at radius 3 is 2.15 bits per heavy atom. The zero-order valence-electron chi connectivity index (χ0n) is 15.0. The van der Waals surface area contributed by atoms with Gasteiger partial charge in [-0.1, -0.05) is 48.5 Å². The molecular weight excluding hydrogens is 338 g/mol. The van der Waals surface area contributed by atoms with Crippen LogP contribution in [-0.2, 0) is 9.59 Å². The van der Waals surface area contributed by atoms with E-state index < -0.39 is 11.8 Å². The summed E-state index contributed by atoms with van der Waals surface area (Å²) in [5, 5.41) is 4.85. The van der Waals surface area contributed by atoms with Gasteiger partial charge in [0.05, 0.1) is 0 Å². The van der Waals surface area contributed by atoms with E-state index in [1.807, 2.05) is 60.7 Å². The van der Waals surface area contributed by atoms with Crippen LogP contribution in [0.4, 0.5) is 11.4 Å². The number of piperazine rings is 1. The average molecular weight is 359 g/mol. The van der Waals surface area contributed by atoms with Crippen LogP contribution >= 0.6 is 0 Å². The molecule has 0 atom stereocenters. The van der Waals surface area contributed by atoms with Crippen LogP contribution < -0.4 is 10.2 Å². The quantitative estimate of drug-likeness (QED) is 0.715. The second kappa shape index (κ2) is 7.50. The van der Waals surface area contributed by atoms with Crippen molar-refractivity contribution in [2.24, 2.45) is 0 Å². The van der Waals surface area contributed by atoms with Gasteiger partial charge in [-0.3, -0.25) is 9.59 Å². The highest BCUT2D eigenvalue weighted by Crippen LogP contribution is 2.19. The van der Waals surface area contributed by atoms with Crippen molar-refractivity contribution in [1.82, 2.24) is 4.90 Å². The number of benzene rings is 3. The Bertz CT molecular complexity index is 963. The van der Waals surface area contributed by atoms with Crippen LogP contribution in [-0.4, -0.2) is 42.9 Å². The van der Waals surface area contributed by atoms with E-state index in [2.05, 4.69) is 22.3 Å². The SMILES string of the molecule is O=C(Nc1ccc2ccccc2c1)C(=O)N1CCN(c2ccccc2)CC1. The number of hydrogen-bond donors (Lipinski definition) is 1. The van der Waals surface area contributed by atoms with Crippen LogP contribution in [0.1, 0.15) is 0 Å². The Labute approximate surface area is 158 Å². The van der Waals surface area contributed by atoms with Gasteiger partial charge in [0.1, 0.15) is 0 Å². The topological polar surface area (TPSA) is 52.7 Å². The zero-order valence-corrected chi connectivity index (χ0v) is 15.0. The summed E-state index contributed by atoms with van der Waals surface area (Å²) in [5.74, 6) is -1.06. The molecule has 5 heteroatoms. The second-order valence-corrected chi connectivity index (χ2v) is 6.63. The molecular formula is C22H21N3O2. The Kier molecular flexibility index (Phi) is 4.75. The molecule has 0 radical (unpaired) electrons. The summed E-state index contributed by atoms with van der Waals surface area (Å²) in [7, 11) is 0. The van der Waals surface area contributed by atoms with E-state index in [-0.39, 0.29) is 0 Å². The van der Waals surface area contributed by atoms with Gasteiger partial charge in [-0.25, -0.2) is 0 Å². The van der Waals surface area contributed by atoms with Crippen molar-refractivity contribution in [3.05, 3.63) is 72.8 Å². The minimum absolute atomic E-state index is 0.476. The van der Waals surface area contributed by atoms with Crippen molar-refractivity contribution in [2.45, 2.75) is 0 Å². The summed E-state index contributed by atoms with van der Waals surface area (Å²) in [5.41, 5.74) is 1.78. The number of hydrogen-bond acceptors (Lipinski definition) is 3. The molecule has 5 nitrogen and oxygen atoms in total. The number of para-hydroxylation sites is 1. The van der Waals surface area contributed by atoms with E-state index in [1.54, 1.807) is 4.90 Å². The van der Waals surface area contributed by atoms with Gasteiger partial charge in [0.2, 0.25) is 0 Å². The standard InChI is InChI=1S/C22H21N3O2/c26-21(23-19-11-10-17-6-4-5-7-18(17)16-19)22(27)25-14-12-24(13-15-25)20-8-2-1-3-9-20/h1-11,16H,12-15H2,(H,23,26). The summed E-state index contributed by atoms with van der Waals surface area (Å²) in [6.07, 6.45) is 0. The summed E-state index contributed by atoms with van der Waals surface area (Å²) in [6, 6.07) is 23.7. The molecule has 0 spiro atoms. The van der Waals surface area contributed by atoms with E-state index in [0.29, 0.717) is 18.8 Å². The van der Waals surface area contributed by atoms with Crippen LogP contribution in [0.15, 0.2) is 72.8 Å². The fourth-order valence-corrected chi connectivity index (χ4v) is 3.40. The number of carbonyl (C=O) groups is 2. The highest BCUT2D eigenvalue weighted by atomic mass is 16.2. The normalized spacial score (nSPS) is 14.2.